The molecule has 0 aliphatic carbocycles. The number of aliphatic imine (C=N–C) groups is 1. The van der Waals surface area contributed by atoms with Crippen molar-refractivity contribution in [3.05, 3.63) is 58.3 Å². The highest BCUT2D eigenvalue weighted by Gasteiger charge is 2.20. The highest BCUT2D eigenvalue weighted by Crippen LogP contribution is 2.20. The number of nitrogens with one attached hydrogen (secondary N) is 2. The largest absolute Gasteiger partial charge is 0.396 e. The maximum atomic E-state index is 9.73. The molecule has 0 radical (unpaired) electrons. The molecule has 152 valence electrons. The van der Waals surface area contributed by atoms with Crippen LogP contribution in [0, 0.1) is 5.92 Å². The van der Waals surface area contributed by atoms with E-state index in [0.29, 0.717) is 12.5 Å². The average molecular weight is 401 g/mol. The summed E-state index contributed by atoms with van der Waals surface area (Å²) < 4.78 is 0. The third-order valence-electron chi connectivity index (χ3n) is 5.35. The van der Waals surface area contributed by atoms with Gasteiger partial charge in [0, 0.05) is 44.0 Å². The minimum absolute atomic E-state index is 0.0655. The molecule has 1 aliphatic heterocycles. The van der Waals surface area contributed by atoms with E-state index in [1.165, 1.54) is 24.3 Å². The minimum atomic E-state index is 0.0655. The van der Waals surface area contributed by atoms with Crippen LogP contribution in [0.5, 0.6) is 0 Å². The van der Waals surface area contributed by atoms with Crippen molar-refractivity contribution in [3.63, 3.8) is 0 Å². The van der Waals surface area contributed by atoms with E-state index in [4.69, 9.17) is 0 Å². The first kappa shape index (κ1) is 20.8. The molecule has 28 heavy (non-hydrogen) atoms. The molecule has 0 amide bonds. The van der Waals surface area contributed by atoms with Crippen molar-refractivity contribution >= 4 is 17.3 Å². The van der Waals surface area contributed by atoms with Gasteiger partial charge in [-0.2, -0.15) is 0 Å². The molecule has 1 fully saturated rings. The van der Waals surface area contributed by atoms with Crippen LogP contribution in [0.1, 0.15) is 29.2 Å². The number of hydrogen-bond acceptors (Lipinski definition) is 4. The smallest absolute Gasteiger partial charge is 0.191 e. The Kier molecular flexibility index (Phi) is 8.33. The number of guanidine groups is 1. The molecular formula is C22H32N4OS. The number of rotatable bonds is 8. The summed E-state index contributed by atoms with van der Waals surface area (Å²) in [6.45, 7) is 5.09. The number of nitrogens with zero attached hydrogens (tertiary/aromatic N) is 2. The van der Waals surface area contributed by atoms with Gasteiger partial charge in [-0.15, -0.1) is 11.3 Å². The summed E-state index contributed by atoms with van der Waals surface area (Å²) in [6.07, 6.45) is 2.51. The fourth-order valence-corrected chi connectivity index (χ4v) is 4.53. The molecule has 6 heteroatoms. The first-order valence-electron chi connectivity index (χ1n) is 10.1. The van der Waals surface area contributed by atoms with Crippen molar-refractivity contribution in [2.45, 2.75) is 25.3 Å². The van der Waals surface area contributed by atoms with E-state index in [1.807, 2.05) is 29.5 Å². The van der Waals surface area contributed by atoms with Crippen LogP contribution in [0.2, 0.25) is 0 Å². The Morgan fingerprint density at radius 3 is 2.82 bits per heavy atom. The quantitative estimate of drug-likeness (QED) is 0.471. The van der Waals surface area contributed by atoms with Gasteiger partial charge in [0.1, 0.15) is 0 Å². The topological polar surface area (TPSA) is 59.9 Å². The second-order valence-corrected chi connectivity index (χ2v) is 8.48. The number of thiophene rings is 1. The van der Waals surface area contributed by atoms with Crippen LogP contribution in [-0.4, -0.2) is 55.8 Å². The van der Waals surface area contributed by atoms with Gasteiger partial charge in [-0.3, -0.25) is 9.89 Å². The number of benzene rings is 1. The third-order valence-corrected chi connectivity index (χ3v) is 6.21. The van der Waals surface area contributed by atoms with Crippen molar-refractivity contribution in [2.75, 3.05) is 39.8 Å². The molecule has 1 saturated heterocycles. The molecule has 3 rings (SSSR count). The van der Waals surface area contributed by atoms with Crippen molar-refractivity contribution < 1.29 is 5.11 Å². The average Bonchev–Trinajstić information content (AvgIpc) is 3.25. The third kappa shape index (κ3) is 6.33. The Bertz CT molecular complexity index is 705. The molecule has 1 aromatic carbocycles. The van der Waals surface area contributed by atoms with Crippen molar-refractivity contribution in [1.29, 1.82) is 0 Å². The van der Waals surface area contributed by atoms with E-state index in [0.717, 1.165) is 31.2 Å². The molecule has 0 saturated carbocycles. The van der Waals surface area contributed by atoms with Crippen LogP contribution in [0.4, 0.5) is 0 Å². The lowest BCUT2D eigenvalue weighted by Gasteiger charge is -2.32. The molecular weight excluding hydrogens is 368 g/mol. The molecule has 2 atom stereocenters. The highest BCUT2D eigenvalue weighted by molar-refractivity contribution is 7.09. The number of hydrogen-bond donors (Lipinski definition) is 3. The Hall–Kier alpha value is -1.89. The van der Waals surface area contributed by atoms with Gasteiger partial charge in [-0.25, -0.2) is 0 Å². The van der Waals surface area contributed by atoms with Gasteiger partial charge in [0.15, 0.2) is 5.96 Å². The van der Waals surface area contributed by atoms with Crippen LogP contribution in [0.15, 0.2) is 52.8 Å². The first-order chi connectivity index (χ1) is 13.8. The van der Waals surface area contributed by atoms with Crippen LogP contribution in [0.25, 0.3) is 0 Å². The molecule has 0 spiro atoms. The Morgan fingerprint density at radius 1 is 1.25 bits per heavy atom. The molecule has 2 unspecified atom stereocenters. The normalized spacial score (nSPS) is 19.4. The standard InChI is InChI=1S/C22H32N4OS/c1-23-22(25-14-20(17-27)19-8-3-2-4-9-19)24-13-18-7-5-11-26(15-18)16-21-10-6-12-28-21/h2-4,6,8-10,12,18,20,27H,5,7,11,13-17H2,1H3,(H2,23,24,25). The van der Waals surface area contributed by atoms with E-state index in [2.05, 4.69) is 50.2 Å². The van der Waals surface area contributed by atoms with Crippen molar-refractivity contribution in [2.24, 2.45) is 10.9 Å². The summed E-state index contributed by atoms with van der Waals surface area (Å²) >= 11 is 1.84. The zero-order valence-electron chi connectivity index (χ0n) is 16.7. The van der Waals surface area contributed by atoms with Crippen LogP contribution in [0.3, 0.4) is 0 Å². The van der Waals surface area contributed by atoms with Gasteiger partial charge in [0.2, 0.25) is 0 Å². The zero-order chi connectivity index (χ0) is 19.6. The summed E-state index contributed by atoms with van der Waals surface area (Å²) in [7, 11) is 1.80. The Balaban J connectivity index is 1.43. The molecule has 1 aliphatic rings. The van der Waals surface area contributed by atoms with E-state index >= 15 is 0 Å². The predicted octanol–water partition coefficient (Wildman–Crippen LogP) is 2.90. The van der Waals surface area contributed by atoms with Crippen LogP contribution in [-0.2, 0) is 6.54 Å². The zero-order valence-corrected chi connectivity index (χ0v) is 17.5. The lowest BCUT2D eigenvalue weighted by atomic mass is 9.98. The van der Waals surface area contributed by atoms with Gasteiger partial charge in [-0.05, 0) is 42.3 Å². The van der Waals surface area contributed by atoms with Crippen LogP contribution < -0.4 is 10.6 Å². The van der Waals surface area contributed by atoms with Crippen LogP contribution >= 0.6 is 11.3 Å². The first-order valence-corrected chi connectivity index (χ1v) is 11.0. The summed E-state index contributed by atoms with van der Waals surface area (Å²) in [4.78, 5) is 8.36. The number of likely N-dealkylation sites (tertiary alicyclic amines) is 1. The second kappa shape index (κ2) is 11.2. The van der Waals surface area contributed by atoms with Gasteiger partial charge in [-0.1, -0.05) is 36.4 Å². The van der Waals surface area contributed by atoms with Gasteiger partial charge < -0.3 is 15.7 Å². The summed E-state index contributed by atoms with van der Waals surface area (Å²) in [5.74, 6) is 1.51. The monoisotopic (exact) mass is 400 g/mol. The Morgan fingerprint density at radius 2 is 2.11 bits per heavy atom. The molecule has 1 aromatic heterocycles. The SMILES string of the molecule is CN=C(NCC1CCCN(Cc2cccs2)C1)NCC(CO)c1ccccc1. The fourth-order valence-electron chi connectivity index (χ4n) is 3.78. The number of aliphatic hydroxyl groups is 1. The predicted molar refractivity (Wildman–Crippen MR) is 118 cm³/mol. The van der Waals surface area contributed by atoms with E-state index < -0.39 is 0 Å². The number of piperidine rings is 1. The van der Waals surface area contributed by atoms with Crippen molar-refractivity contribution in [1.82, 2.24) is 15.5 Å². The maximum absolute atomic E-state index is 9.73. The molecule has 0 bridgehead atoms. The summed E-state index contributed by atoms with van der Waals surface area (Å²) in [5.41, 5.74) is 1.14. The molecule has 2 heterocycles. The summed E-state index contributed by atoms with van der Waals surface area (Å²) in [6, 6.07) is 14.5. The molecule has 2 aromatic rings. The van der Waals surface area contributed by atoms with E-state index in [9.17, 15) is 5.11 Å². The van der Waals surface area contributed by atoms with E-state index in [-0.39, 0.29) is 12.5 Å². The minimum Gasteiger partial charge on any atom is -0.396 e. The lowest BCUT2D eigenvalue weighted by Crippen LogP contribution is -2.45. The van der Waals surface area contributed by atoms with Gasteiger partial charge in [0.05, 0.1) is 6.61 Å². The van der Waals surface area contributed by atoms with Crippen molar-refractivity contribution in [3.8, 4) is 0 Å². The van der Waals surface area contributed by atoms with E-state index in [1.54, 1.807) is 7.05 Å². The fraction of sp³-hybridized carbons (Fsp3) is 0.500. The summed E-state index contributed by atoms with van der Waals surface area (Å²) in [5, 5.41) is 18.7. The molecule has 3 N–H and O–H groups in total. The highest BCUT2D eigenvalue weighted by atomic mass is 32.1. The lowest BCUT2D eigenvalue weighted by molar-refractivity contribution is 0.169. The number of aliphatic hydroxyl groups excluding tert-OH is 1. The van der Waals surface area contributed by atoms with Gasteiger partial charge >= 0.3 is 0 Å². The van der Waals surface area contributed by atoms with Gasteiger partial charge in [0.25, 0.3) is 0 Å². The Labute approximate surface area is 172 Å². The molecule has 5 nitrogen and oxygen atoms in total. The second-order valence-electron chi connectivity index (χ2n) is 7.45. The maximum Gasteiger partial charge on any atom is 0.191 e.